The second-order valence-corrected chi connectivity index (χ2v) is 6.24. The van der Waals surface area contributed by atoms with Crippen molar-refractivity contribution in [3.63, 3.8) is 0 Å². The first-order chi connectivity index (χ1) is 8.75. The maximum Gasteiger partial charge on any atom is 0.243 e. The predicted octanol–water partition coefficient (Wildman–Crippen LogP) is 1.87. The second kappa shape index (κ2) is 5.76. The molecule has 1 aliphatic carbocycles. The highest BCUT2D eigenvalue weighted by molar-refractivity contribution is 5.87. The van der Waals surface area contributed by atoms with Crippen molar-refractivity contribution in [2.24, 2.45) is 16.7 Å². The van der Waals surface area contributed by atoms with Crippen LogP contribution in [0.15, 0.2) is 12.7 Å². The van der Waals surface area contributed by atoms with Gasteiger partial charge in [0.15, 0.2) is 0 Å². The zero-order valence-electron chi connectivity index (χ0n) is 12.5. The Morgan fingerprint density at radius 2 is 1.84 bits per heavy atom. The lowest BCUT2D eigenvalue weighted by atomic mass is 9.65. The summed E-state index contributed by atoms with van der Waals surface area (Å²) in [6, 6.07) is 0. The van der Waals surface area contributed by atoms with Crippen LogP contribution in [0.1, 0.15) is 40.5 Å². The third kappa shape index (κ3) is 2.99. The zero-order valence-corrected chi connectivity index (χ0v) is 12.5. The van der Waals surface area contributed by atoms with Crippen LogP contribution >= 0.6 is 0 Å². The van der Waals surface area contributed by atoms with E-state index in [1.165, 1.54) is 6.08 Å². The molecule has 0 aromatic rings. The first-order valence-electron chi connectivity index (χ1n) is 6.94. The standard InChI is InChI=1S/C15H26N2O2/c1-6-12(18)16-9-10-17-13(19)15(5)8-7-11(2)14(15,3)4/h6,11H,1,7-10H2,2-5H3,(H,16,18)(H,17,19)/t11-,15-/m0/s1. The number of hydrogen-bond donors (Lipinski definition) is 2. The summed E-state index contributed by atoms with van der Waals surface area (Å²) >= 11 is 0. The average molecular weight is 266 g/mol. The molecule has 1 rings (SSSR count). The van der Waals surface area contributed by atoms with Gasteiger partial charge in [0.2, 0.25) is 11.8 Å². The van der Waals surface area contributed by atoms with E-state index in [1.54, 1.807) is 0 Å². The minimum Gasteiger partial charge on any atom is -0.354 e. The molecule has 0 bridgehead atoms. The van der Waals surface area contributed by atoms with E-state index in [9.17, 15) is 9.59 Å². The molecule has 1 aliphatic rings. The number of carbonyl (C=O) groups is 2. The summed E-state index contributed by atoms with van der Waals surface area (Å²) in [7, 11) is 0. The van der Waals surface area contributed by atoms with Crippen molar-refractivity contribution in [1.82, 2.24) is 10.6 Å². The van der Waals surface area contributed by atoms with Crippen molar-refractivity contribution in [2.75, 3.05) is 13.1 Å². The van der Waals surface area contributed by atoms with Crippen molar-refractivity contribution < 1.29 is 9.59 Å². The van der Waals surface area contributed by atoms with Gasteiger partial charge in [-0.05, 0) is 30.3 Å². The molecule has 0 heterocycles. The largest absolute Gasteiger partial charge is 0.354 e. The highest BCUT2D eigenvalue weighted by Gasteiger charge is 2.53. The number of rotatable bonds is 5. The number of hydrogen-bond acceptors (Lipinski definition) is 2. The van der Waals surface area contributed by atoms with Crippen LogP contribution in [-0.2, 0) is 9.59 Å². The molecule has 108 valence electrons. The smallest absolute Gasteiger partial charge is 0.243 e. The third-order valence-corrected chi connectivity index (χ3v) is 5.13. The Morgan fingerprint density at radius 1 is 1.26 bits per heavy atom. The Hall–Kier alpha value is -1.32. The molecule has 0 unspecified atom stereocenters. The van der Waals surface area contributed by atoms with Crippen LogP contribution < -0.4 is 10.6 Å². The molecule has 0 aliphatic heterocycles. The van der Waals surface area contributed by atoms with Crippen LogP contribution in [0, 0.1) is 16.7 Å². The number of amides is 2. The van der Waals surface area contributed by atoms with E-state index >= 15 is 0 Å². The highest BCUT2D eigenvalue weighted by Crippen LogP contribution is 2.55. The molecule has 4 heteroatoms. The fourth-order valence-corrected chi connectivity index (χ4v) is 2.77. The molecule has 2 atom stereocenters. The molecule has 0 aromatic carbocycles. The molecule has 19 heavy (non-hydrogen) atoms. The minimum atomic E-state index is -0.325. The van der Waals surface area contributed by atoms with Gasteiger partial charge in [-0.2, -0.15) is 0 Å². The fraction of sp³-hybridized carbons (Fsp3) is 0.733. The zero-order chi connectivity index (χ0) is 14.7. The lowest BCUT2D eigenvalue weighted by Crippen LogP contribution is -2.48. The van der Waals surface area contributed by atoms with Gasteiger partial charge >= 0.3 is 0 Å². The monoisotopic (exact) mass is 266 g/mol. The van der Waals surface area contributed by atoms with Crippen LogP contribution in [0.3, 0.4) is 0 Å². The Balaban J connectivity index is 2.50. The summed E-state index contributed by atoms with van der Waals surface area (Å²) < 4.78 is 0. The first kappa shape index (κ1) is 15.7. The van der Waals surface area contributed by atoms with Crippen molar-refractivity contribution in [1.29, 1.82) is 0 Å². The van der Waals surface area contributed by atoms with E-state index in [4.69, 9.17) is 0 Å². The summed E-state index contributed by atoms with van der Waals surface area (Å²) in [6.07, 6.45) is 3.24. The van der Waals surface area contributed by atoms with Gasteiger partial charge in [0.25, 0.3) is 0 Å². The van der Waals surface area contributed by atoms with Gasteiger partial charge in [0.05, 0.1) is 5.41 Å². The number of carbonyl (C=O) groups excluding carboxylic acids is 2. The molecular formula is C15H26N2O2. The summed E-state index contributed by atoms with van der Waals surface area (Å²) in [5.41, 5.74) is -0.323. The maximum atomic E-state index is 12.4. The summed E-state index contributed by atoms with van der Waals surface area (Å²) in [6.45, 7) is 12.9. The van der Waals surface area contributed by atoms with Crippen LogP contribution in [0.2, 0.25) is 0 Å². The summed E-state index contributed by atoms with van der Waals surface area (Å²) in [4.78, 5) is 23.4. The predicted molar refractivity (Wildman–Crippen MR) is 76.5 cm³/mol. The number of nitrogens with one attached hydrogen (secondary N) is 2. The quantitative estimate of drug-likeness (QED) is 0.589. The van der Waals surface area contributed by atoms with Crippen molar-refractivity contribution in [3.8, 4) is 0 Å². The highest BCUT2D eigenvalue weighted by atomic mass is 16.2. The Bertz CT molecular complexity index is 376. The van der Waals surface area contributed by atoms with Gasteiger partial charge < -0.3 is 10.6 Å². The maximum absolute atomic E-state index is 12.4. The van der Waals surface area contributed by atoms with Gasteiger partial charge in [-0.3, -0.25) is 9.59 Å². The van der Waals surface area contributed by atoms with E-state index in [1.807, 2.05) is 6.92 Å². The van der Waals surface area contributed by atoms with E-state index in [2.05, 4.69) is 38.0 Å². The van der Waals surface area contributed by atoms with Gasteiger partial charge in [-0.1, -0.05) is 34.3 Å². The molecular weight excluding hydrogens is 240 g/mol. The molecule has 1 saturated carbocycles. The molecule has 0 aromatic heterocycles. The molecule has 0 radical (unpaired) electrons. The Kier molecular flexibility index (Phi) is 4.77. The SMILES string of the molecule is C=CC(=O)NCCNC(=O)[C@]1(C)CC[C@H](C)C1(C)C. The lowest BCUT2D eigenvalue weighted by Gasteiger charge is -2.39. The molecule has 2 N–H and O–H groups in total. The van der Waals surface area contributed by atoms with E-state index in [0.717, 1.165) is 12.8 Å². The van der Waals surface area contributed by atoms with Crippen LogP contribution in [0.4, 0.5) is 0 Å². The normalized spacial score (nSPS) is 28.7. The van der Waals surface area contributed by atoms with Gasteiger partial charge in [-0.15, -0.1) is 0 Å². The average Bonchev–Trinajstić information content (AvgIpc) is 2.58. The van der Waals surface area contributed by atoms with Gasteiger partial charge in [0, 0.05) is 13.1 Å². The van der Waals surface area contributed by atoms with Crippen LogP contribution in [0.25, 0.3) is 0 Å². The van der Waals surface area contributed by atoms with Crippen LogP contribution in [-0.4, -0.2) is 24.9 Å². The van der Waals surface area contributed by atoms with Gasteiger partial charge in [0.1, 0.15) is 0 Å². The van der Waals surface area contributed by atoms with Gasteiger partial charge in [-0.25, -0.2) is 0 Å². The Morgan fingerprint density at radius 3 is 2.32 bits per heavy atom. The molecule has 0 saturated heterocycles. The Labute approximate surface area is 116 Å². The summed E-state index contributed by atoms with van der Waals surface area (Å²) in [5, 5.41) is 5.58. The molecule has 4 nitrogen and oxygen atoms in total. The minimum absolute atomic E-state index is 0.00144. The van der Waals surface area contributed by atoms with E-state index < -0.39 is 0 Å². The third-order valence-electron chi connectivity index (χ3n) is 5.13. The topological polar surface area (TPSA) is 58.2 Å². The van der Waals surface area contributed by atoms with Crippen molar-refractivity contribution in [3.05, 3.63) is 12.7 Å². The van der Waals surface area contributed by atoms with Crippen LogP contribution in [0.5, 0.6) is 0 Å². The molecule has 2 amide bonds. The lowest BCUT2D eigenvalue weighted by molar-refractivity contribution is -0.136. The van der Waals surface area contributed by atoms with E-state index in [0.29, 0.717) is 19.0 Å². The van der Waals surface area contributed by atoms with E-state index in [-0.39, 0.29) is 22.6 Å². The molecule has 0 spiro atoms. The summed E-state index contributed by atoms with van der Waals surface area (Å²) in [5.74, 6) is 0.425. The van der Waals surface area contributed by atoms with Crippen molar-refractivity contribution in [2.45, 2.75) is 40.5 Å². The van der Waals surface area contributed by atoms with Crippen molar-refractivity contribution >= 4 is 11.8 Å². The first-order valence-corrected chi connectivity index (χ1v) is 6.94. The fourth-order valence-electron chi connectivity index (χ4n) is 2.77. The molecule has 1 fully saturated rings. The second-order valence-electron chi connectivity index (χ2n) is 6.24.